The van der Waals surface area contributed by atoms with Gasteiger partial charge in [0.1, 0.15) is 5.76 Å². The van der Waals surface area contributed by atoms with Gasteiger partial charge in [0.05, 0.1) is 17.4 Å². The molecule has 7 nitrogen and oxygen atoms in total. The summed E-state index contributed by atoms with van der Waals surface area (Å²) in [5.74, 6) is 0.0518. The van der Waals surface area contributed by atoms with Crippen molar-refractivity contribution in [2.24, 2.45) is 5.10 Å². The first-order valence-corrected chi connectivity index (χ1v) is 5.70. The predicted molar refractivity (Wildman–Crippen MR) is 71.6 cm³/mol. The molecule has 0 aliphatic rings. The van der Waals surface area contributed by atoms with Crippen molar-refractivity contribution >= 4 is 17.8 Å². The molecule has 0 fully saturated rings. The molecule has 2 rings (SSSR count). The van der Waals surface area contributed by atoms with Crippen molar-refractivity contribution in [2.75, 3.05) is 0 Å². The molecule has 20 heavy (non-hydrogen) atoms. The number of hydrazone groups is 1. The van der Waals surface area contributed by atoms with Gasteiger partial charge < -0.3 is 4.42 Å². The molecule has 0 saturated heterocycles. The Kier molecular flexibility index (Phi) is 3.90. The van der Waals surface area contributed by atoms with Crippen molar-refractivity contribution in [3.05, 3.63) is 63.6 Å². The summed E-state index contributed by atoms with van der Waals surface area (Å²) in [5.41, 5.74) is 3.00. The van der Waals surface area contributed by atoms with Crippen molar-refractivity contribution in [2.45, 2.75) is 6.92 Å². The molecule has 1 heterocycles. The van der Waals surface area contributed by atoms with Gasteiger partial charge in [0, 0.05) is 17.2 Å². The molecular formula is C13H11N3O4. The summed E-state index contributed by atoms with van der Waals surface area (Å²) >= 11 is 0. The van der Waals surface area contributed by atoms with Crippen molar-refractivity contribution in [1.29, 1.82) is 0 Å². The van der Waals surface area contributed by atoms with Crippen LogP contribution in [0.15, 0.2) is 46.1 Å². The summed E-state index contributed by atoms with van der Waals surface area (Å²) in [6, 6.07) is 7.49. The zero-order valence-corrected chi connectivity index (χ0v) is 10.6. The van der Waals surface area contributed by atoms with Gasteiger partial charge in [-0.1, -0.05) is 0 Å². The molecule has 1 aromatic carbocycles. The lowest BCUT2D eigenvalue weighted by molar-refractivity contribution is -0.385. The Labute approximate surface area is 114 Å². The molecule has 0 atom stereocenters. The van der Waals surface area contributed by atoms with Gasteiger partial charge in [-0.2, -0.15) is 5.10 Å². The number of furan rings is 1. The van der Waals surface area contributed by atoms with E-state index < -0.39 is 10.8 Å². The number of hydrogen-bond donors (Lipinski definition) is 1. The highest BCUT2D eigenvalue weighted by Crippen LogP contribution is 2.18. The van der Waals surface area contributed by atoms with Crippen LogP contribution in [-0.4, -0.2) is 17.0 Å². The van der Waals surface area contributed by atoms with Crippen LogP contribution in [0.25, 0.3) is 0 Å². The minimum absolute atomic E-state index is 0.0272. The van der Waals surface area contributed by atoms with Crippen LogP contribution in [0.3, 0.4) is 0 Å². The van der Waals surface area contributed by atoms with Gasteiger partial charge in [-0.05, 0) is 31.2 Å². The van der Waals surface area contributed by atoms with E-state index in [4.69, 9.17) is 4.42 Å². The van der Waals surface area contributed by atoms with Gasteiger partial charge in [-0.3, -0.25) is 14.9 Å². The maximum absolute atomic E-state index is 11.8. The molecule has 102 valence electrons. The molecular weight excluding hydrogens is 262 g/mol. The normalized spacial score (nSPS) is 10.7. The van der Waals surface area contributed by atoms with Gasteiger partial charge in [-0.25, -0.2) is 5.43 Å². The number of rotatable bonds is 4. The Hall–Kier alpha value is -2.96. The van der Waals surface area contributed by atoms with Crippen LogP contribution < -0.4 is 5.43 Å². The highest BCUT2D eigenvalue weighted by molar-refractivity contribution is 5.95. The lowest BCUT2D eigenvalue weighted by Gasteiger charge is -2.01. The second-order valence-corrected chi connectivity index (χ2v) is 3.97. The fraction of sp³-hybridized carbons (Fsp3) is 0.0769. The zero-order chi connectivity index (χ0) is 14.5. The summed E-state index contributed by atoms with van der Waals surface area (Å²) in [6.45, 7) is 1.57. The number of nitrogens with one attached hydrogen (secondary N) is 1. The van der Waals surface area contributed by atoms with Gasteiger partial charge in [-0.15, -0.1) is 0 Å². The predicted octanol–water partition coefficient (Wildman–Crippen LogP) is 2.26. The van der Waals surface area contributed by atoms with E-state index >= 15 is 0 Å². The van der Waals surface area contributed by atoms with Crippen LogP contribution in [0.4, 0.5) is 5.69 Å². The fourth-order valence-electron chi connectivity index (χ4n) is 1.59. The van der Waals surface area contributed by atoms with Crippen LogP contribution in [0.5, 0.6) is 0 Å². The Morgan fingerprint density at radius 1 is 1.45 bits per heavy atom. The quantitative estimate of drug-likeness (QED) is 0.524. The van der Waals surface area contributed by atoms with Gasteiger partial charge in [0.25, 0.3) is 11.6 Å². The summed E-state index contributed by atoms with van der Waals surface area (Å²) < 4.78 is 5.01. The molecule has 2 aromatic rings. The van der Waals surface area contributed by atoms with Crippen LogP contribution in [0.1, 0.15) is 21.7 Å². The van der Waals surface area contributed by atoms with E-state index in [-0.39, 0.29) is 5.69 Å². The second kappa shape index (κ2) is 5.79. The third-order valence-corrected chi connectivity index (χ3v) is 2.56. The molecule has 0 aliphatic carbocycles. The number of carbonyl (C=O) groups excluding carboxylic acids is 1. The molecule has 0 aliphatic heterocycles. The zero-order valence-electron chi connectivity index (χ0n) is 10.6. The number of hydrogen-bond acceptors (Lipinski definition) is 5. The second-order valence-electron chi connectivity index (χ2n) is 3.97. The standard InChI is InChI=1S/C13H11N3O4/c1-9-7-10(4-5-12(9)16(18)19)13(17)15-14-8-11-3-2-6-20-11/h2-8H,1H3,(H,15,17). The Morgan fingerprint density at radius 2 is 2.25 bits per heavy atom. The molecule has 0 spiro atoms. The molecule has 1 N–H and O–H groups in total. The van der Waals surface area contributed by atoms with Crippen LogP contribution >= 0.6 is 0 Å². The lowest BCUT2D eigenvalue weighted by atomic mass is 10.1. The summed E-state index contributed by atoms with van der Waals surface area (Å²) in [6.07, 6.45) is 2.85. The Morgan fingerprint density at radius 3 is 2.85 bits per heavy atom. The van der Waals surface area contributed by atoms with Crippen LogP contribution in [0, 0.1) is 17.0 Å². The molecule has 0 unspecified atom stereocenters. The summed E-state index contributed by atoms with van der Waals surface area (Å²) in [4.78, 5) is 22.0. The number of benzene rings is 1. The lowest BCUT2D eigenvalue weighted by Crippen LogP contribution is -2.17. The van der Waals surface area contributed by atoms with E-state index in [1.54, 1.807) is 19.1 Å². The fourth-order valence-corrected chi connectivity index (χ4v) is 1.59. The maximum atomic E-state index is 11.8. The average Bonchev–Trinajstić information content (AvgIpc) is 2.91. The first-order valence-electron chi connectivity index (χ1n) is 5.70. The largest absolute Gasteiger partial charge is 0.463 e. The summed E-state index contributed by atoms with van der Waals surface area (Å²) in [5, 5.41) is 14.4. The van der Waals surface area contributed by atoms with Crippen molar-refractivity contribution in [3.63, 3.8) is 0 Å². The third-order valence-electron chi connectivity index (χ3n) is 2.56. The number of amides is 1. The van der Waals surface area contributed by atoms with E-state index in [9.17, 15) is 14.9 Å². The van der Waals surface area contributed by atoms with E-state index in [2.05, 4.69) is 10.5 Å². The molecule has 1 amide bonds. The van der Waals surface area contributed by atoms with Crippen molar-refractivity contribution < 1.29 is 14.1 Å². The maximum Gasteiger partial charge on any atom is 0.272 e. The van der Waals surface area contributed by atoms with E-state index in [0.717, 1.165) is 0 Å². The number of nitrogens with zero attached hydrogens (tertiary/aromatic N) is 2. The van der Waals surface area contributed by atoms with Crippen LogP contribution in [-0.2, 0) is 0 Å². The molecule has 1 aromatic heterocycles. The van der Waals surface area contributed by atoms with Gasteiger partial charge >= 0.3 is 0 Å². The molecule has 0 bridgehead atoms. The first kappa shape index (κ1) is 13.5. The van der Waals surface area contributed by atoms with E-state index in [0.29, 0.717) is 16.9 Å². The van der Waals surface area contributed by atoms with Gasteiger partial charge in [0.2, 0.25) is 0 Å². The number of nitro benzene ring substituents is 1. The highest BCUT2D eigenvalue weighted by atomic mass is 16.6. The number of aryl methyl sites for hydroxylation is 1. The van der Waals surface area contributed by atoms with Crippen LogP contribution in [0.2, 0.25) is 0 Å². The average molecular weight is 273 g/mol. The van der Waals surface area contributed by atoms with Gasteiger partial charge in [0.15, 0.2) is 0 Å². The molecule has 7 heteroatoms. The molecule has 0 saturated carbocycles. The third kappa shape index (κ3) is 3.08. The van der Waals surface area contributed by atoms with E-state index in [1.807, 2.05) is 0 Å². The van der Waals surface area contributed by atoms with Crippen molar-refractivity contribution in [1.82, 2.24) is 5.43 Å². The Balaban J connectivity index is 2.06. The minimum Gasteiger partial charge on any atom is -0.463 e. The van der Waals surface area contributed by atoms with Crippen molar-refractivity contribution in [3.8, 4) is 0 Å². The highest BCUT2D eigenvalue weighted by Gasteiger charge is 2.13. The smallest absolute Gasteiger partial charge is 0.272 e. The first-order chi connectivity index (χ1) is 9.58. The number of nitro groups is 1. The Bertz CT molecular complexity index is 662. The van der Waals surface area contributed by atoms with E-state index in [1.165, 1.54) is 30.7 Å². The number of carbonyl (C=O) groups is 1. The summed E-state index contributed by atoms with van der Waals surface area (Å²) in [7, 11) is 0. The molecule has 0 radical (unpaired) electrons. The minimum atomic E-state index is -0.494. The topological polar surface area (TPSA) is 97.7 Å². The SMILES string of the molecule is Cc1cc(C(=O)NN=Cc2ccco2)ccc1[N+](=O)[O-]. The monoisotopic (exact) mass is 273 g/mol.